The number of benzene rings is 1. The Hall–Kier alpha value is -1.63. The van der Waals surface area contributed by atoms with E-state index in [-0.39, 0.29) is 12.3 Å². The van der Waals surface area contributed by atoms with Crippen LogP contribution in [0, 0.1) is 0 Å². The summed E-state index contributed by atoms with van der Waals surface area (Å²) in [6.07, 6.45) is 0.645. The van der Waals surface area contributed by atoms with Crippen molar-refractivity contribution < 1.29 is 25.7 Å². The number of halogens is 1. The van der Waals surface area contributed by atoms with E-state index in [1.807, 2.05) is 0 Å². The maximum Gasteiger partial charge on any atom is 0.230 e. The second-order valence-electron chi connectivity index (χ2n) is 4.42. The van der Waals surface area contributed by atoms with Crippen molar-refractivity contribution in [3.63, 3.8) is 0 Å². The Morgan fingerprint density at radius 2 is 2.20 bits per heavy atom. The fourth-order valence-corrected chi connectivity index (χ4v) is 1.89. The highest BCUT2D eigenvalue weighted by molar-refractivity contribution is 6.30. The monoisotopic (exact) mass is 300 g/mol. The molecule has 0 aliphatic rings. The number of carbonyl (C=O) groups excluding carboxylic acids is 2. The van der Waals surface area contributed by atoms with Gasteiger partial charge in [-0.05, 0) is 18.2 Å². The number of amides is 1. The summed E-state index contributed by atoms with van der Waals surface area (Å²) in [5, 5.41) is 15.7. The summed E-state index contributed by atoms with van der Waals surface area (Å²) in [4.78, 5) is 22.8. The molecule has 110 valence electrons. The second-order valence-corrected chi connectivity index (χ2v) is 4.86. The molecule has 0 heterocycles. The predicted molar refractivity (Wildman–Crippen MR) is 72.7 cm³/mol. The molecule has 0 saturated heterocycles. The Kier molecular flexibility index (Phi) is 7.00. The SMILES string of the molecule is [NH3+]CCC[NH2+][C@@H](CC(=O)Nc1cccc(Cl)c1)C(=O)[O-]. The van der Waals surface area contributed by atoms with Crippen LogP contribution in [-0.4, -0.2) is 31.0 Å². The molecule has 0 saturated carbocycles. The number of rotatable bonds is 8. The lowest BCUT2D eigenvalue weighted by Gasteiger charge is -2.16. The van der Waals surface area contributed by atoms with Gasteiger partial charge < -0.3 is 26.3 Å². The molecular formula is C13H19ClN3O3+. The number of nitrogens with two attached hydrogens (primary N) is 1. The van der Waals surface area contributed by atoms with Gasteiger partial charge in [-0.3, -0.25) is 4.79 Å². The van der Waals surface area contributed by atoms with E-state index in [9.17, 15) is 14.7 Å². The number of carbonyl (C=O) groups is 2. The summed E-state index contributed by atoms with van der Waals surface area (Å²) in [6.45, 7) is 1.33. The predicted octanol–water partition coefficient (Wildman–Crippen LogP) is -2.02. The van der Waals surface area contributed by atoms with Crippen LogP contribution < -0.4 is 21.5 Å². The molecule has 6 N–H and O–H groups in total. The highest BCUT2D eigenvalue weighted by atomic mass is 35.5. The quantitative estimate of drug-likeness (QED) is 0.482. The van der Waals surface area contributed by atoms with Gasteiger partial charge in [-0.25, -0.2) is 0 Å². The Balaban J connectivity index is 2.51. The van der Waals surface area contributed by atoms with Crippen molar-refractivity contribution in [2.75, 3.05) is 18.4 Å². The highest BCUT2D eigenvalue weighted by Crippen LogP contribution is 2.14. The van der Waals surface area contributed by atoms with Gasteiger partial charge >= 0.3 is 0 Å². The van der Waals surface area contributed by atoms with Gasteiger partial charge in [-0.15, -0.1) is 0 Å². The lowest BCUT2D eigenvalue weighted by Crippen LogP contribution is -2.93. The molecule has 0 aliphatic heterocycles. The van der Waals surface area contributed by atoms with Gasteiger partial charge in [0, 0.05) is 17.1 Å². The zero-order valence-corrected chi connectivity index (χ0v) is 11.9. The third-order valence-electron chi connectivity index (χ3n) is 2.72. The van der Waals surface area contributed by atoms with E-state index in [4.69, 9.17) is 11.6 Å². The van der Waals surface area contributed by atoms with Crippen molar-refractivity contribution in [1.82, 2.24) is 0 Å². The number of nitrogens with one attached hydrogen (secondary N) is 1. The van der Waals surface area contributed by atoms with Crippen molar-refractivity contribution in [2.45, 2.75) is 18.9 Å². The Morgan fingerprint density at radius 1 is 1.45 bits per heavy atom. The minimum Gasteiger partial charge on any atom is -0.544 e. The molecule has 0 aliphatic carbocycles. The maximum absolute atomic E-state index is 11.8. The van der Waals surface area contributed by atoms with Gasteiger partial charge in [0.1, 0.15) is 6.04 Å². The van der Waals surface area contributed by atoms with Crippen LogP contribution >= 0.6 is 11.6 Å². The van der Waals surface area contributed by atoms with Crippen molar-refractivity contribution in [3.05, 3.63) is 29.3 Å². The van der Waals surface area contributed by atoms with Gasteiger partial charge in [0.15, 0.2) is 0 Å². The molecule has 0 aromatic heterocycles. The van der Waals surface area contributed by atoms with Crippen LogP contribution in [0.3, 0.4) is 0 Å². The van der Waals surface area contributed by atoms with Gasteiger partial charge in [0.2, 0.25) is 5.91 Å². The van der Waals surface area contributed by atoms with E-state index >= 15 is 0 Å². The molecule has 1 amide bonds. The molecule has 6 nitrogen and oxygen atoms in total. The third-order valence-corrected chi connectivity index (χ3v) is 2.96. The minimum atomic E-state index is -1.24. The summed E-state index contributed by atoms with van der Waals surface area (Å²) in [5.74, 6) is -1.62. The normalized spacial score (nSPS) is 11.9. The summed E-state index contributed by atoms with van der Waals surface area (Å²) >= 11 is 5.80. The van der Waals surface area contributed by atoms with Crippen molar-refractivity contribution in [3.8, 4) is 0 Å². The Bertz CT molecular complexity index is 468. The van der Waals surface area contributed by atoms with Crippen LogP contribution in [-0.2, 0) is 9.59 Å². The number of anilines is 1. The number of carboxylic acid groups (broad SMARTS) is 1. The molecule has 0 unspecified atom stereocenters. The molecule has 1 atom stereocenters. The average molecular weight is 301 g/mol. The van der Waals surface area contributed by atoms with Gasteiger partial charge in [-0.2, -0.15) is 0 Å². The largest absolute Gasteiger partial charge is 0.544 e. The number of quaternary nitrogens is 2. The Morgan fingerprint density at radius 3 is 2.80 bits per heavy atom. The first-order valence-corrected chi connectivity index (χ1v) is 6.79. The van der Waals surface area contributed by atoms with Crippen molar-refractivity contribution in [2.24, 2.45) is 0 Å². The summed E-state index contributed by atoms with van der Waals surface area (Å²) < 4.78 is 0. The molecule has 0 spiro atoms. The van der Waals surface area contributed by atoms with Gasteiger partial charge in [0.25, 0.3) is 0 Å². The first-order chi connectivity index (χ1) is 9.52. The number of aliphatic carboxylic acids is 1. The lowest BCUT2D eigenvalue weighted by atomic mass is 10.2. The van der Waals surface area contributed by atoms with Crippen molar-refractivity contribution in [1.29, 1.82) is 0 Å². The number of hydrogen-bond acceptors (Lipinski definition) is 3. The molecule has 7 heteroatoms. The topological polar surface area (TPSA) is 113 Å². The fraction of sp³-hybridized carbons (Fsp3) is 0.385. The van der Waals surface area contributed by atoms with Crippen LogP contribution in [0.25, 0.3) is 0 Å². The third kappa shape index (κ3) is 6.01. The van der Waals surface area contributed by atoms with E-state index in [1.165, 1.54) is 0 Å². The molecule has 0 fully saturated rings. The van der Waals surface area contributed by atoms with Crippen LogP contribution in [0.4, 0.5) is 5.69 Å². The zero-order valence-electron chi connectivity index (χ0n) is 11.1. The van der Waals surface area contributed by atoms with Crippen LogP contribution in [0.5, 0.6) is 0 Å². The smallest absolute Gasteiger partial charge is 0.230 e. The number of carboxylic acids is 1. The van der Waals surface area contributed by atoms with E-state index in [0.29, 0.717) is 17.3 Å². The van der Waals surface area contributed by atoms with E-state index in [2.05, 4.69) is 11.1 Å². The Labute approximate surface area is 122 Å². The molecular weight excluding hydrogens is 282 g/mol. The lowest BCUT2D eigenvalue weighted by molar-refractivity contribution is -0.684. The zero-order chi connectivity index (χ0) is 15.0. The fourth-order valence-electron chi connectivity index (χ4n) is 1.70. The van der Waals surface area contributed by atoms with E-state index in [0.717, 1.165) is 13.0 Å². The summed E-state index contributed by atoms with van der Waals surface area (Å²) in [5.41, 5.74) is 4.22. The molecule has 1 aromatic rings. The molecule has 20 heavy (non-hydrogen) atoms. The summed E-state index contributed by atoms with van der Waals surface area (Å²) in [6, 6.07) is 5.78. The van der Waals surface area contributed by atoms with Crippen molar-refractivity contribution >= 4 is 29.2 Å². The van der Waals surface area contributed by atoms with Crippen LogP contribution in [0.1, 0.15) is 12.8 Å². The summed E-state index contributed by atoms with van der Waals surface area (Å²) in [7, 11) is 0. The maximum atomic E-state index is 11.8. The standard InChI is InChI=1S/C13H18ClN3O3/c14-9-3-1-4-10(7-9)17-12(18)8-11(13(19)20)16-6-2-5-15/h1,3-4,7,11,16H,2,5-6,8,15H2,(H,17,18)(H,19,20)/p+1/t11-/m0/s1. The highest BCUT2D eigenvalue weighted by Gasteiger charge is 2.18. The number of hydrogen-bond donors (Lipinski definition) is 3. The first kappa shape index (κ1) is 16.4. The molecule has 1 rings (SSSR count). The van der Waals surface area contributed by atoms with E-state index < -0.39 is 12.0 Å². The first-order valence-electron chi connectivity index (χ1n) is 6.41. The van der Waals surface area contributed by atoms with Crippen LogP contribution in [0.2, 0.25) is 5.02 Å². The molecule has 0 radical (unpaired) electrons. The van der Waals surface area contributed by atoms with Gasteiger partial charge in [-0.1, -0.05) is 17.7 Å². The molecule has 0 bridgehead atoms. The average Bonchev–Trinajstić information content (AvgIpc) is 2.37. The van der Waals surface area contributed by atoms with Gasteiger partial charge in [0.05, 0.1) is 25.5 Å². The minimum absolute atomic E-state index is 0.147. The second kappa shape index (κ2) is 8.52. The van der Waals surface area contributed by atoms with E-state index in [1.54, 1.807) is 29.6 Å². The van der Waals surface area contributed by atoms with Crippen LogP contribution in [0.15, 0.2) is 24.3 Å². The molecule has 1 aromatic carbocycles.